The van der Waals surface area contributed by atoms with E-state index in [1.807, 2.05) is 12.1 Å². The van der Waals surface area contributed by atoms with E-state index in [0.717, 1.165) is 11.6 Å². The van der Waals surface area contributed by atoms with Gasteiger partial charge in [0.25, 0.3) is 0 Å². The van der Waals surface area contributed by atoms with Crippen molar-refractivity contribution in [2.75, 3.05) is 46.0 Å². The normalized spacial score (nSPS) is 18.1. The molecule has 1 fully saturated rings. The van der Waals surface area contributed by atoms with E-state index in [4.69, 9.17) is 5.73 Å². The van der Waals surface area contributed by atoms with Crippen LogP contribution in [0.1, 0.15) is 30.7 Å². The summed E-state index contributed by atoms with van der Waals surface area (Å²) in [5.41, 5.74) is 8.07. The highest BCUT2D eigenvalue weighted by Gasteiger charge is 2.19. The lowest BCUT2D eigenvalue weighted by atomic mass is 9.89. The molecule has 106 valence electrons. The molecule has 0 amide bonds. The Kier molecular flexibility index (Phi) is 5.23. The van der Waals surface area contributed by atoms with Crippen molar-refractivity contribution >= 4 is 5.69 Å². The van der Waals surface area contributed by atoms with Crippen LogP contribution in [-0.4, -0.2) is 50.1 Å². The molecule has 0 atom stereocenters. The van der Waals surface area contributed by atoms with Crippen LogP contribution >= 0.6 is 0 Å². The second kappa shape index (κ2) is 6.92. The number of nitrogen functional groups attached to an aromatic ring is 1. The van der Waals surface area contributed by atoms with Crippen LogP contribution in [0.5, 0.6) is 0 Å². The average Bonchev–Trinajstić information content (AvgIpc) is 2.40. The number of piperidine rings is 1. The molecular weight excluding hydrogens is 234 g/mol. The lowest BCUT2D eigenvalue weighted by molar-refractivity contribution is 0.203. The summed E-state index contributed by atoms with van der Waals surface area (Å²) >= 11 is 0. The van der Waals surface area contributed by atoms with Crippen molar-refractivity contribution in [3.05, 3.63) is 29.8 Å². The monoisotopic (exact) mass is 261 g/mol. The van der Waals surface area contributed by atoms with Gasteiger partial charge in [-0.15, -0.1) is 0 Å². The molecule has 1 saturated heterocycles. The zero-order valence-corrected chi connectivity index (χ0v) is 12.3. The van der Waals surface area contributed by atoms with Crippen molar-refractivity contribution in [3.63, 3.8) is 0 Å². The summed E-state index contributed by atoms with van der Waals surface area (Å²) in [6.07, 6.45) is 3.84. The van der Waals surface area contributed by atoms with Crippen molar-refractivity contribution in [1.82, 2.24) is 9.80 Å². The number of likely N-dealkylation sites (tertiary alicyclic amines) is 1. The fourth-order valence-electron chi connectivity index (χ4n) is 2.87. The molecule has 3 heteroatoms. The van der Waals surface area contributed by atoms with Crippen LogP contribution in [0.2, 0.25) is 0 Å². The van der Waals surface area contributed by atoms with Gasteiger partial charge in [0.1, 0.15) is 0 Å². The molecule has 3 nitrogen and oxygen atoms in total. The topological polar surface area (TPSA) is 32.5 Å². The molecule has 2 N–H and O–H groups in total. The molecule has 1 heterocycles. The molecule has 0 bridgehead atoms. The quantitative estimate of drug-likeness (QED) is 0.826. The average molecular weight is 261 g/mol. The Morgan fingerprint density at radius 3 is 2.37 bits per heavy atom. The highest BCUT2D eigenvalue weighted by molar-refractivity contribution is 5.40. The van der Waals surface area contributed by atoms with Gasteiger partial charge in [-0.3, -0.25) is 0 Å². The summed E-state index contributed by atoms with van der Waals surface area (Å²) in [5, 5.41) is 0. The smallest absolute Gasteiger partial charge is 0.0314 e. The predicted octanol–water partition coefficient (Wildman–Crippen LogP) is 2.40. The number of hydrogen-bond acceptors (Lipinski definition) is 3. The van der Waals surface area contributed by atoms with Crippen molar-refractivity contribution in [2.45, 2.75) is 25.2 Å². The molecule has 2 rings (SSSR count). The van der Waals surface area contributed by atoms with Gasteiger partial charge in [0.2, 0.25) is 0 Å². The van der Waals surface area contributed by atoms with Crippen molar-refractivity contribution in [2.24, 2.45) is 0 Å². The SMILES string of the molecule is CN(C)CCCN1CCC(c2ccc(N)cc2)CC1. The molecule has 1 aromatic carbocycles. The minimum atomic E-state index is 0.727. The lowest BCUT2D eigenvalue weighted by Crippen LogP contribution is -2.34. The fourth-order valence-corrected chi connectivity index (χ4v) is 2.87. The molecule has 0 saturated carbocycles. The Bertz CT molecular complexity index is 364. The zero-order valence-electron chi connectivity index (χ0n) is 12.3. The third-order valence-electron chi connectivity index (χ3n) is 4.08. The van der Waals surface area contributed by atoms with E-state index < -0.39 is 0 Å². The Morgan fingerprint density at radius 2 is 1.79 bits per heavy atom. The van der Waals surface area contributed by atoms with Crippen LogP contribution in [0.25, 0.3) is 0 Å². The van der Waals surface area contributed by atoms with E-state index in [0.29, 0.717) is 0 Å². The number of hydrogen-bond donors (Lipinski definition) is 1. The Morgan fingerprint density at radius 1 is 1.16 bits per heavy atom. The Hall–Kier alpha value is -1.06. The summed E-state index contributed by atoms with van der Waals surface area (Å²) in [6, 6.07) is 8.45. The van der Waals surface area contributed by atoms with Gasteiger partial charge in [-0.25, -0.2) is 0 Å². The van der Waals surface area contributed by atoms with Crippen molar-refractivity contribution in [3.8, 4) is 0 Å². The van der Waals surface area contributed by atoms with Crippen LogP contribution in [-0.2, 0) is 0 Å². The maximum atomic E-state index is 5.75. The Labute approximate surface area is 117 Å². The van der Waals surface area contributed by atoms with E-state index >= 15 is 0 Å². The second-order valence-corrected chi connectivity index (χ2v) is 5.94. The summed E-state index contributed by atoms with van der Waals surface area (Å²) in [5.74, 6) is 0.727. The largest absolute Gasteiger partial charge is 0.399 e. The molecule has 0 aromatic heterocycles. The number of rotatable bonds is 5. The van der Waals surface area contributed by atoms with Gasteiger partial charge in [0, 0.05) is 5.69 Å². The highest BCUT2D eigenvalue weighted by atomic mass is 15.1. The minimum Gasteiger partial charge on any atom is -0.399 e. The molecular formula is C16H27N3. The second-order valence-electron chi connectivity index (χ2n) is 5.94. The number of nitrogens with two attached hydrogens (primary N) is 1. The first-order chi connectivity index (χ1) is 9.15. The third kappa shape index (κ3) is 4.51. The molecule has 0 aliphatic carbocycles. The maximum absolute atomic E-state index is 5.75. The maximum Gasteiger partial charge on any atom is 0.0314 e. The number of anilines is 1. The first kappa shape index (κ1) is 14.4. The van der Waals surface area contributed by atoms with Crippen molar-refractivity contribution < 1.29 is 0 Å². The molecule has 19 heavy (non-hydrogen) atoms. The number of nitrogens with zero attached hydrogens (tertiary/aromatic N) is 2. The van der Waals surface area contributed by atoms with Crippen LogP contribution in [0.3, 0.4) is 0 Å². The molecule has 1 aromatic rings. The first-order valence-electron chi connectivity index (χ1n) is 7.37. The predicted molar refractivity (Wildman–Crippen MR) is 82.4 cm³/mol. The highest BCUT2D eigenvalue weighted by Crippen LogP contribution is 2.28. The van der Waals surface area contributed by atoms with Crippen LogP contribution in [0.4, 0.5) is 5.69 Å². The molecule has 0 unspecified atom stereocenters. The standard InChI is InChI=1S/C16H27N3/c1-18(2)10-3-11-19-12-8-15(9-13-19)14-4-6-16(17)7-5-14/h4-7,15H,3,8-13,17H2,1-2H3. The van der Waals surface area contributed by atoms with Gasteiger partial charge in [0.15, 0.2) is 0 Å². The van der Waals surface area contributed by atoms with E-state index in [2.05, 4.69) is 36.0 Å². The number of benzene rings is 1. The van der Waals surface area contributed by atoms with Gasteiger partial charge >= 0.3 is 0 Å². The third-order valence-corrected chi connectivity index (χ3v) is 4.08. The van der Waals surface area contributed by atoms with Gasteiger partial charge in [-0.05, 0) is 83.2 Å². The summed E-state index contributed by atoms with van der Waals surface area (Å²) in [4.78, 5) is 4.87. The van der Waals surface area contributed by atoms with Gasteiger partial charge in [-0.1, -0.05) is 12.1 Å². The summed E-state index contributed by atoms with van der Waals surface area (Å²) in [7, 11) is 4.29. The summed E-state index contributed by atoms with van der Waals surface area (Å²) in [6.45, 7) is 4.91. The van der Waals surface area contributed by atoms with Crippen LogP contribution < -0.4 is 5.73 Å². The van der Waals surface area contributed by atoms with E-state index in [-0.39, 0.29) is 0 Å². The summed E-state index contributed by atoms with van der Waals surface area (Å²) < 4.78 is 0. The van der Waals surface area contributed by atoms with E-state index in [9.17, 15) is 0 Å². The van der Waals surface area contributed by atoms with E-state index in [1.165, 1.54) is 51.0 Å². The van der Waals surface area contributed by atoms with Crippen molar-refractivity contribution in [1.29, 1.82) is 0 Å². The first-order valence-corrected chi connectivity index (χ1v) is 7.37. The molecule has 1 aliphatic rings. The molecule has 0 radical (unpaired) electrons. The van der Waals surface area contributed by atoms with E-state index in [1.54, 1.807) is 0 Å². The van der Waals surface area contributed by atoms with Gasteiger partial charge in [0.05, 0.1) is 0 Å². The Balaban J connectivity index is 1.74. The fraction of sp³-hybridized carbons (Fsp3) is 0.625. The molecule has 0 spiro atoms. The zero-order chi connectivity index (χ0) is 13.7. The van der Waals surface area contributed by atoms with Crippen LogP contribution in [0.15, 0.2) is 24.3 Å². The minimum absolute atomic E-state index is 0.727. The van der Waals surface area contributed by atoms with Gasteiger partial charge < -0.3 is 15.5 Å². The van der Waals surface area contributed by atoms with Crippen LogP contribution in [0, 0.1) is 0 Å². The lowest BCUT2D eigenvalue weighted by Gasteiger charge is -2.32. The molecule has 1 aliphatic heterocycles. The van der Waals surface area contributed by atoms with Gasteiger partial charge in [-0.2, -0.15) is 0 Å².